The maximum atomic E-state index is 8.99. The molecule has 5 aromatic rings. The number of likely N-dealkylation sites (tertiary alicyclic amines) is 4. The van der Waals surface area contributed by atoms with Gasteiger partial charge in [0, 0.05) is 82.6 Å². The van der Waals surface area contributed by atoms with Crippen molar-refractivity contribution in [2.45, 2.75) is 63.5 Å². The molecule has 0 bridgehead atoms. The fraction of sp³-hybridized carbons (Fsp3) is 0.429. The Morgan fingerprint density at radius 3 is 1.24 bits per heavy atom. The zero-order valence-corrected chi connectivity index (χ0v) is 29.2. The van der Waals surface area contributed by atoms with Crippen molar-refractivity contribution in [1.29, 1.82) is 10.8 Å². The molecule has 0 radical (unpaired) electrons. The molecule has 6 heterocycles. The number of fused-ring (bicyclic) bond motifs is 2. The van der Waals surface area contributed by atoms with E-state index in [1.54, 1.807) is 0 Å². The van der Waals surface area contributed by atoms with E-state index in [9.17, 15) is 0 Å². The largest absolute Gasteiger partial charge is 0.356 e. The van der Waals surface area contributed by atoms with Crippen LogP contribution in [0.5, 0.6) is 0 Å². The van der Waals surface area contributed by atoms with Gasteiger partial charge in [-0.1, -0.05) is 48.5 Å². The van der Waals surface area contributed by atoms with Crippen molar-refractivity contribution in [2.75, 3.05) is 52.4 Å². The average Bonchev–Trinajstić information content (AvgIpc) is 4.01. The molecule has 258 valence electrons. The number of piperidine rings is 2. The predicted molar refractivity (Wildman–Crippen MR) is 205 cm³/mol. The highest BCUT2D eigenvalue weighted by Crippen LogP contribution is 2.31. The third-order valence-electron chi connectivity index (χ3n) is 12.2. The van der Waals surface area contributed by atoms with Gasteiger partial charge in [-0.3, -0.25) is 10.8 Å². The molecule has 8 heteroatoms. The number of benzene rings is 3. The van der Waals surface area contributed by atoms with Gasteiger partial charge in [0.2, 0.25) is 0 Å². The van der Waals surface area contributed by atoms with Crippen LogP contribution in [0.2, 0.25) is 0 Å². The summed E-state index contributed by atoms with van der Waals surface area (Å²) in [4.78, 5) is 17.2. The summed E-state index contributed by atoms with van der Waals surface area (Å²) in [5.74, 6) is 1.29. The van der Waals surface area contributed by atoms with Gasteiger partial charge in [0.25, 0.3) is 0 Å². The molecule has 0 aliphatic carbocycles. The highest BCUT2D eigenvalue weighted by atomic mass is 15.2. The number of rotatable bonds is 6. The Hall–Kier alpha value is -4.40. The van der Waals surface area contributed by atoms with Gasteiger partial charge in [0.1, 0.15) is 11.7 Å². The molecule has 4 fully saturated rings. The zero-order chi connectivity index (χ0) is 33.6. The Balaban J connectivity index is 0.854. The van der Waals surface area contributed by atoms with Gasteiger partial charge in [0.15, 0.2) is 0 Å². The minimum atomic E-state index is 0.645. The average molecular weight is 667 g/mol. The van der Waals surface area contributed by atoms with Gasteiger partial charge < -0.3 is 29.6 Å². The van der Waals surface area contributed by atoms with E-state index >= 15 is 0 Å². The number of nitrogens with one attached hydrogen (secondary N) is 4. The molecule has 0 atom stereocenters. The van der Waals surface area contributed by atoms with Crippen molar-refractivity contribution < 1.29 is 0 Å². The molecule has 9 rings (SSSR count). The monoisotopic (exact) mass is 666 g/mol. The lowest BCUT2D eigenvalue weighted by Gasteiger charge is -2.37. The normalized spacial score (nSPS) is 20.1. The molecule has 0 unspecified atom stereocenters. The van der Waals surface area contributed by atoms with Crippen molar-refractivity contribution in [2.24, 2.45) is 0 Å². The van der Waals surface area contributed by atoms with Crippen LogP contribution in [0.25, 0.3) is 44.3 Å². The van der Waals surface area contributed by atoms with Crippen molar-refractivity contribution >= 4 is 33.5 Å². The Morgan fingerprint density at radius 2 is 0.860 bits per heavy atom. The minimum absolute atomic E-state index is 0.645. The van der Waals surface area contributed by atoms with E-state index in [4.69, 9.17) is 10.8 Å². The summed E-state index contributed by atoms with van der Waals surface area (Å²) in [5, 5.41) is 20.3. The van der Waals surface area contributed by atoms with E-state index in [0.717, 1.165) is 96.5 Å². The summed E-state index contributed by atoms with van der Waals surface area (Å²) < 4.78 is 0. The van der Waals surface area contributed by atoms with Crippen LogP contribution in [-0.2, 0) is 0 Å². The molecule has 8 nitrogen and oxygen atoms in total. The van der Waals surface area contributed by atoms with E-state index in [0.29, 0.717) is 23.8 Å². The number of aromatic nitrogens is 2. The molecule has 4 aliphatic rings. The molecule has 0 amide bonds. The van der Waals surface area contributed by atoms with Gasteiger partial charge in [-0.2, -0.15) is 0 Å². The number of nitrogens with zero attached hydrogens (tertiary/aromatic N) is 4. The van der Waals surface area contributed by atoms with Crippen molar-refractivity contribution in [3.8, 4) is 22.5 Å². The molecule has 4 aliphatic heterocycles. The maximum Gasteiger partial charge on any atom is 0.128 e. The summed E-state index contributed by atoms with van der Waals surface area (Å²) >= 11 is 0. The number of hydrogen-bond donors (Lipinski definition) is 4. The van der Waals surface area contributed by atoms with E-state index < -0.39 is 0 Å². The maximum absolute atomic E-state index is 8.99. The molecule has 0 spiro atoms. The van der Waals surface area contributed by atoms with Crippen molar-refractivity contribution in [1.82, 2.24) is 29.6 Å². The van der Waals surface area contributed by atoms with Crippen LogP contribution in [0.15, 0.2) is 72.8 Å². The summed E-state index contributed by atoms with van der Waals surface area (Å²) in [6.07, 6.45) is 10.0. The molecule has 4 N–H and O–H groups in total. The molecule has 2 aromatic heterocycles. The standard InChI is InChI=1S/C42H50N8/c43-41(49-21-13-35(14-22-49)47-17-1-2-18-47)33-11-9-31-25-37(45-39(31)27-33)29-5-7-30(8-6-29)38-26-32-10-12-34(28-40(32)46-38)42(44)50-23-15-36(16-24-50)48-19-3-4-20-48/h5-12,25-28,35-36,43-46H,1-4,13-24H2. The molecule has 4 saturated heterocycles. The summed E-state index contributed by atoms with van der Waals surface area (Å²) in [7, 11) is 0. The SMILES string of the molecule is N=C(c1ccc2cc(-c3ccc(-c4cc5ccc(C(=N)N6CCC(N7CCCC7)CC6)cc5[nH]4)cc3)[nH]c2c1)N1CCC(N2CCCC2)CC1. The zero-order valence-electron chi connectivity index (χ0n) is 29.2. The van der Waals surface area contributed by atoms with Gasteiger partial charge in [0.05, 0.1) is 0 Å². The first-order valence-corrected chi connectivity index (χ1v) is 19.1. The summed E-state index contributed by atoms with van der Waals surface area (Å²) in [6, 6.07) is 27.4. The Kier molecular flexibility index (Phi) is 8.45. The fourth-order valence-corrected chi connectivity index (χ4v) is 9.18. The molecule has 50 heavy (non-hydrogen) atoms. The third-order valence-corrected chi connectivity index (χ3v) is 12.2. The summed E-state index contributed by atoms with van der Waals surface area (Å²) in [5.41, 5.74) is 8.59. The Bertz CT molecular complexity index is 1850. The smallest absolute Gasteiger partial charge is 0.128 e. The van der Waals surface area contributed by atoms with Crippen molar-refractivity contribution in [3.05, 3.63) is 83.9 Å². The minimum Gasteiger partial charge on any atom is -0.356 e. The third kappa shape index (κ3) is 6.13. The Labute approximate surface area is 295 Å². The van der Waals surface area contributed by atoms with Crippen LogP contribution in [0.3, 0.4) is 0 Å². The summed E-state index contributed by atoms with van der Waals surface area (Å²) in [6.45, 7) is 8.91. The van der Waals surface area contributed by atoms with E-state index in [1.165, 1.54) is 62.6 Å². The first-order valence-electron chi connectivity index (χ1n) is 19.1. The lowest BCUT2D eigenvalue weighted by atomic mass is 10.0. The van der Waals surface area contributed by atoms with Crippen LogP contribution in [0, 0.1) is 10.8 Å². The quantitative estimate of drug-likeness (QED) is 0.110. The topological polar surface area (TPSA) is 92.2 Å². The lowest BCUT2D eigenvalue weighted by Crippen LogP contribution is -2.45. The first kappa shape index (κ1) is 31.6. The van der Waals surface area contributed by atoms with E-state index in [2.05, 4.69) is 102 Å². The Morgan fingerprint density at radius 1 is 0.480 bits per heavy atom. The molecular weight excluding hydrogens is 617 g/mol. The van der Waals surface area contributed by atoms with Gasteiger partial charge in [-0.15, -0.1) is 0 Å². The van der Waals surface area contributed by atoms with Crippen LogP contribution < -0.4 is 0 Å². The second-order valence-electron chi connectivity index (χ2n) is 15.2. The van der Waals surface area contributed by atoms with Gasteiger partial charge in [-0.05, 0) is 113 Å². The van der Waals surface area contributed by atoms with Crippen LogP contribution in [0.4, 0.5) is 0 Å². The number of aromatic amines is 2. The van der Waals surface area contributed by atoms with Crippen LogP contribution in [-0.4, -0.2) is 106 Å². The van der Waals surface area contributed by atoms with E-state index in [1.807, 2.05) is 0 Å². The second-order valence-corrected chi connectivity index (χ2v) is 15.2. The number of amidine groups is 2. The van der Waals surface area contributed by atoms with Gasteiger partial charge in [-0.25, -0.2) is 0 Å². The highest BCUT2D eigenvalue weighted by Gasteiger charge is 2.29. The second kappa shape index (κ2) is 13.4. The molecule has 3 aromatic carbocycles. The predicted octanol–water partition coefficient (Wildman–Crippen LogP) is 7.75. The highest BCUT2D eigenvalue weighted by molar-refractivity contribution is 6.01. The van der Waals surface area contributed by atoms with Crippen molar-refractivity contribution in [3.63, 3.8) is 0 Å². The van der Waals surface area contributed by atoms with E-state index in [-0.39, 0.29) is 0 Å². The fourth-order valence-electron chi connectivity index (χ4n) is 9.18. The van der Waals surface area contributed by atoms with Crippen LogP contribution >= 0.6 is 0 Å². The molecule has 0 saturated carbocycles. The molecular formula is C42H50N8. The van der Waals surface area contributed by atoms with Crippen LogP contribution in [0.1, 0.15) is 62.5 Å². The first-order chi connectivity index (χ1) is 24.6. The number of H-pyrrole nitrogens is 2. The number of hydrogen-bond acceptors (Lipinski definition) is 4. The lowest BCUT2D eigenvalue weighted by molar-refractivity contribution is 0.163. The van der Waals surface area contributed by atoms with Gasteiger partial charge >= 0.3 is 0 Å².